The van der Waals surface area contributed by atoms with Crippen LogP contribution in [0, 0.1) is 6.92 Å². The molecule has 1 fully saturated rings. The van der Waals surface area contributed by atoms with Crippen molar-refractivity contribution in [1.29, 1.82) is 0 Å². The fourth-order valence-electron chi connectivity index (χ4n) is 3.79. The molecule has 1 atom stereocenters. The van der Waals surface area contributed by atoms with Crippen molar-refractivity contribution in [1.82, 2.24) is 19.7 Å². The van der Waals surface area contributed by atoms with Gasteiger partial charge in [0.15, 0.2) is 0 Å². The third kappa shape index (κ3) is 2.92. The summed E-state index contributed by atoms with van der Waals surface area (Å²) in [5.74, 6) is 0.897. The van der Waals surface area contributed by atoms with Crippen LogP contribution in [0.2, 0.25) is 0 Å². The Labute approximate surface area is 141 Å². The molecule has 24 heavy (non-hydrogen) atoms. The van der Waals surface area contributed by atoms with E-state index >= 15 is 0 Å². The third-order valence-electron chi connectivity index (χ3n) is 5.10. The molecule has 2 aromatic heterocycles. The maximum absolute atomic E-state index is 12.4. The Morgan fingerprint density at radius 1 is 1.17 bits per heavy atom. The Morgan fingerprint density at radius 2 is 2.04 bits per heavy atom. The molecule has 6 heteroatoms. The average molecular weight is 325 g/mol. The van der Waals surface area contributed by atoms with Crippen molar-refractivity contribution in [3.63, 3.8) is 0 Å². The van der Waals surface area contributed by atoms with Crippen LogP contribution in [0.25, 0.3) is 0 Å². The maximum atomic E-state index is 12.4. The molecule has 1 saturated heterocycles. The normalized spacial score (nSPS) is 20.2. The zero-order valence-electron chi connectivity index (χ0n) is 14.1. The first-order chi connectivity index (χ1) is 11.7. The van der Waals surface area contributed by atoms with Gasteiger partial charge in [0.1, 0.15) is 5.82 Å². The molecular weight excluding hydrogens is 302 g/mol. The maximum Gasteiger partial charge on any atom is 0.267 e. The molecule has 1 unspecified atom stereocenters. The molecular formula is C18H23N5O. The molecule has 0 amide bonds. The van der Waals surface area contributed by atoms with Crippen LogP contribution in [0.1, 0.15) is 42.6 Å². The Bertz CT molecular complexity index is 783. The van der Waals surface area contributed by atoms with E-state index in [1.54, 1.807) is 16.9 Å². The van der Waals surface area contributed by atoms with E-state index in [9.17, 15) is 4.79 Å². The van der Waals surface area contributed by atoms with E-state index in [1.807, 2.05) is 13.1 Å². The van der Waals surface area contributed by atoms with Gasteiger partial charge in [0.2, 0.25) is 0 Å². The molecule has 0 radical (unpaired) electrons. The van der Waals surface area contributed by atoms with Crippen molar-refractivity contribution in [3.8, 4) is 0 Å². The summed E-state index contributed by atoms with van der Waals surface area (Å²) in [6.45, 7) is 3.53. The Balaban J connectivity index is 1.58. The minimum absolute atomic E-state index is 0.0255. The van der Waals surface area contributed by atoms with E-state index in [1.165, 1.54) is 12.8 Å². The van der Waals surface area contributed by atoms with Crippen LogP contribution in [-0.4, -0.2) is 32.3 Å². The lowest BCUT2D eigenvalue weighted by atomic mass is 9.97. The smallest absolute Gasteiger partial charge is 0.267 e. The Morgan fingerprint density at radius 3 is 2.88 bits per heavy atom. The number of anilines is 1. The summed E-state index contributed by atoms with van der Waals surface area (Å²) < 4.78 is 1.66. The molecule has 1 aliphatic heterocycles. The summed E-state index contributed by atoms with van der Waals surface area (Å²) in [4.78, 5) is 23.5. The Kier molecular flexibility index (Phi) is 4.04. The predicted octanol–water partition coefficient (Wildman–Crippen LogP) is 1.89. The minimum atomic E-state index is 0.0255. The van der Waals surface area contributed by atoms with Crippen LogP contribution in [0.4, 0.5) is 5.82 Å². The summed E-state index contributed by atoms with van der Waals surface area (Å²) in [6.07, 6.45) is 10.1. The highest BCUT2D eigenvalue weighted by molar-refractivity contribution is 5.38. The van der Waals surface area contributed by atoms with Gasteiger partial charge in [-0.3, -0.25) is 9.78 Å². The molecule has 0 saturated carbocycles. The zero-order chi connectivity index (χ0) is 16.5. The predicted molar refractivity (Wildman–Crippen MR) is 92.3 cm³/mol. The molecule has 126 valence electrons. The lowest BCUT2D eigenvalue weighted by Gasteiger charge is -2.26. The van der Waals surface area contributed by atoms with E-state index in [-0.39, 0.29) is 11.6 Å². The van der Waals surface area contributed by atoms with Crippen molar-refractivity contribution in [3.05, 3.63) is 45.8 Å². The lowest BCUT2D eigenvalue weighted by molar-refractivity contribution is 0.472. The molecule has 2 aromatic rings. The number of nitrogens with zero attached hydrogens (tertiary/aromatic N) is 5. The van der Waals surface area contributed by atoms with Gasteiger partial charge in [0.25, 0.3) is 5.56 Å². The number of hydrogen-bond acceptors (Lipinski definition) is 5. The highest BCUT2D eigenvalue weighted by Gasteiger charge is 2.27. The molecule has 0 spiro atoms. The molecule has 1 aliphatic carbocycles. The minimum Gasteiger partial charge on any atom is -0.350 e. The second-order valence-electron chi connectivity index (χ2n) is 6.85. The molecule has 0 N–H and O–H groups in total. The number of rotatable bonds is 3. The van der Waals surface area contributed by atoms with Crippen LogP contribution >= 0.6 is 0 Å². The monoisotopic (exact) mass is 325 g/mol. The number of hydrogen-bond donors (Lipinski definition) is 0. The van der Waals surface area contributed by atoms with Crippen LogP contribution in [-0.2, 0) is 19.4 Å². The molecule has 2 aliphatic rings. The van der Waals surface area contributed by atoms with E-state index in [0.717, 1.165) is 55.0 Å². The van der Waals surface area contributed by atoms with Gasteiger partial charge in [-0.25, -0.2) is 9.67 Å². The summed E-state index contributed by atoms with van der Waals surface area (Å²) in [5, 5.41) is 4.66. The van der Waals surface area contributed by atoms with Crippen molar-refractivity contribution >= 4 is 5.82 Å². The molecule has 3 heterocycles. The van der Waals surface area contributed by atoms with Gasteiger partial charge in [0, 0.05) is 12.6 Å². The van der Waals surface area contributed by atoms with Crippen molar-refractivity contribution in [2.75, 3.05) is 11.4 Å². The van der Waals surface area contributed by atoms with Crippen LogP contribution < -0.4 is 10.5 Å². The number of aryl methyl sites for hydroxylation is 3. The van der Waals surface area contributed by atoms with E-state index in [0.29, 0.717) is 6.54 Å². The summed E-state index contributed by atoms with van der Waals surface area (Å²) >= 11 is 0. The van der Waals surface area contributed by atoms with Crippen LogP contribution in [0.3, 0.4) is 0 Å². The standard InChI is InChI=1S/C18H23N5O/c1-13-10-20-17(11-19-13)22-8-4-6-15(22)12-23-18(24)9-14-5-2-3-7-16(14)21-23/h9-11,15H,2-8,12H2,1H3. The SMILES string of the molecule is Cc1cnc(N2CCCC2Cn2nc3c(cc2=O)CCCC3)cn1. The first kappa shape index (κ1) is 15.3. The topological polar surface area (TPSA) is 63.9 Å². The van der Waals surface area contributed by atoms with Gasteiger partial charge in [0.05, 0.1) is 36.4 Å². The van der Waals surface area contributed by atoms with Crippen molar-refractivity contribution in [2.24, 2.45) is 0 Å². The average Bonchev–Trinajstić information content (AvgIpc) is 3.04. The Hall–Kier alpha value is -2.24. The fourth-order valence-corrected chi connectivity index (χ4v) is 3.79. The highest BCUT2D eigenvalue weighted by atomic mass is 16.1. The first-order valence-electron chi connectivity index (χ1n) is 8.86. The van der Waals surface area contributed by atoms with Gasteiger partial charge in [-0.05, 0) is 51.0 Å². The second-order valence-corrected chi connectivity index (χ2v) is 6.85. The first-order valence-corrected chi connectivity index (χ1v) is 8.86. The lowest BCUT2D eigenvalue weighted by Crippen LogP contribution is -2.38. The summed E-state index contributed by atoms with van der Waals surface area (Å²) in [5.41, 5.74) is 3.20. The van der Waals surface area contributed by atoms with E-state index < -0.39 is 0 Å². The van der Waals surface area contributed by atoms with Gasteiger partial charge >= 0.3 is 0 Å². The van der Waals surface area contributed by atoms with E-state index in [4.69, 9.17) is 0 Å². The summed E-state index contributed by atoms with van der Waals surface area (Å²) in [7, 11) is 0. The van der Waals surface area contributed by atoms with Crippen LogP contribution in [0.15, 0.2) is 23.3 Å². The van der Waals surface area contributed by atoms with Crippen LogP contribution in [0.5, 0.6) is 0 Å². The summed E-state index contributed by atoms with van der Waals surface area (Å²) in [6, 6.07) is 2.06. The fraction of sp³-hybridized carbons (Fsp3) is 0.556. The number of aromatic nitrogens is 4. The van der Waals surface area contributed by atoms with Gasteiger partial charge < -0.3 is 4.90 Å². The van der Waals surface area contributed by atoms with Crippen molar-refractivity contribution < 1.29 is 0 Å². The molecule has 0 aromatic carbocycles. The third-order valence-corrected chi connectivity index (χ3v) is 5.10. The number of fused-ring (bicyclic) bond motifs is 1. The van der Waals surface area contributed by atoms with Crippen molar-refractivity contribution in [2.45, 2.75) is 58.0 Å². The second kappa shape index (κ2) is 6.34. The zero-order valence-corrected chi connectivity index (χ0v) is 14.1. The highest BCUT2D eigenvalue weighted by Crippen LogP contribution is 2.24. The largest absolute Gasteiger partial charge is 0.350 e. The quantitative estimate of drug-likeness (QED) is 0.862. The van der Waals surface area contributed by atoms with Gasteiger partial charge in [-0.15, -0.1) is 0 Å². The molecule has 6 nitrogen and oxygen atoms in total. The molecule has 0 bridgehead atoms. The van der Waals surface area contributed by atoms with E-state index in [2.05, 4.69) is 20.0 Å². The van der Waals surface area contributed by atoms with Gasteiger partial charge in [-0.1, -0.05) is 0 Å². The van der Waals surface area contributed by atoms with Gasteiger partial charge in [-0.2, -0.15) is 5.10 Å². The molecule has 4 rings (SSSR count).